The smallest absolute Gasteiger partial charge is 0.190 e. The van der Waals surface area contributed by atoms with E-state index in [1.807, 2.05) is 0 Å². The highest BCUT2D eigenvalue weighted by atomic mass is 16.3. The molecule has 0 heterocycles. The van der Waals surface area contributed by atoms with Crippen LogP contribution in [-0.4, -0.2) is 27.9 Å². The van der Waals surface area contributed by atoms with Crippen molar-refractivity contribution in [2.24, 2.45) is 0 Å². The van der Waals surface area contributed by atoms with Crippen molar-refractivity contribution in [3.63, 3.8) is 0 Å². The fourth-order valence-corrected chi connectivity index (χ4v) is 0.939. The largest absolute Gasteiger partial charge is 0.515 e. The molecule has 4 nitrogen and oxygen atoms in total. The summed E-state index contributed by atoms with van der Waals surface area (Å²) < 4.78 is 0. The molecule has 0 rings (SSSR count). The molecular weight excluding hydrogens is 196 g/mol. The molecule has 0 spiro atoms. The molecule has 0 amide bonds. The highest BCUT2D eigenvalue weighted by Crippen LogP contribution is 2.07. The molecule has 15 heavy (non-hydrogen) atoms. The summed E-state index contributed by atoms with van der Waals surface area (Å²) in [6, 6.07) is 0. The lowest BCUT2D eigenvalue weighted by molar-refractivity contribution is -0.124. The van der Waals surface area contributed by atoms with E-state index in [9.17, 15) is 14.7 Å². The molecule has 0 fully saturated rings. The number of hydrogen-bond acceptors (Lipinski definition) is 4. The Balaban J connectivity index is 4.16. The Bertz CT molecular complexity index is 302. The quantitative estimate of drug-likeness (QED) is 0.514. The van der Waals surface area contributed by atoms with Crippen LogP contribution in [0, 0.1) is 0 Å². The fourth-order valence-electron chi connectivity index (χ4n) is 0.939. The monoisotopic (exact) mass is 212 g/mol. The maximum atomic E-state index is 11.2. The minimum absolute atomic E-state index is 0.0513. The van der Waals surface area contributed by atoms with Crippen molar-refractivity contribution in [3.8, 4) is 0 Å². The summed E-state index contributed by atoms with van der Waals surface area (Å²) in [6.07, 6.45) is -0.459. The minimum atomic E-state index is -1.24. The van der Waals surface area contributed by atoms with Gasteiger partial charge in [0.25, 0.3) is 0 Å². The molecule has 0 aliphatic heterocycles. The third-order valence-electron chi connectivity index (χ3n) is 2.01. The molecule has 0 aromatic heterocycles. The van der Waals surface area contributed by atoms with Crippen LogP contribution in [0.25, 0.3) is 0 Å². The van der Waals surface area contributed by atoms with Gasteiger partial charge >= 0.3 is 0 Å². The molecule has 2 N–H and O–H groups in total. The molecular formula is C11H16O4. The van der Waals surface area contributed by atoms with Crippen LogP contribution in [0.15, 0.2) is 24.0 Å². The summed E-state index contributed by atoms with van der Waals surface area (Å²) in [5.41, 5.74) is 0.481. The van der Waals surface area contributed by atoms with Gasteiger partial charge in [0.15, 0.2) is 11.6 Å². The number of carbonyl (C=O) groups is 2. The zero-order chi connectivity index (χ0) is 12.0. The Hall–Kier alpha value is -1.42. The predicted octanol–water partition coefficient (Wildman–Crippen LogP) is 1.30. The van der Waals surface area contributed by atoms with Gasteiger partial charge in [-0.15, -0.1) is 0 Å². The number of carbonyl (C=O) groups excluding carboxylic acids is 2. The van der Waals surface area contributed by atoms with Crippen molar-refractivity contribution >= 4 is 11.6 Å². The minimum Gasteiger partial charge on any atom is -0.515 e. The molecule has 0 bridgehead atoms. The lowest BCUT2D eigenvalue weighted by Gasteiger charge is -2.08. The Morgan fingerprint density at radius 2 is 1.93 bits per heavy atom. The van der Waals surface area contributed by atoms with Gasteiger partial charge in [0.1, 0.15) is 6.10 Å². The maximum absolute atomic E-state index is 11.2. The molecule has 0 aliphatic carbocycles. The van der Waals surface area contributed by atoms with Gasteiger partial charge in [-0.1, -0.05) is 6.58 Å². The number of allylic oxidation sites excluding steroid dienone is 1. The van der Waals surface area contributed by atoms with Gasteiger partial charge in [0, 0.05) is 12.0 Å². The van der Waals surface area contributed by atoms with Gasteiger partial charge in [0.2, 0.25) is 0 Å². The standard InChI is InChI=1S/C11H16O4/c1-7(2)9(13)4-5-10(14)11(15)8(3)6-12/h6,10,12,14H,1,4-5H2,2-3H3/b8-6+. The average molecular weight is 212 g/mol. The second-order valence-electron chi connectivity index (χ2n) is 3.43. The SMILES string of the molecule is C=C(C)C(=O)CCC(O)C(=O)/C(C)=C/O. The van der Waals surface area contributed by atoms with Crippen molar-refractivity contribution in [1.82, 2.24) is 0 Å². The van der Waals surface area contributed by atoms with E-state index in [-0.39, 0.29) is 24.2 Å². The summed E-state index contributed by atoms with van der Waals surface area (Å²) in [6.45, 7) is 6.44. The fraction of sp³-hybridized carbons (Fsp3) is 0.455. The summed E-state index contributed by atoms with van der Waals surface area (Å²) in [5, 5.41) is 17.9. The van der Waals surface area contributed by atoms with Crippen LogP contribution < -0.4 is 0 Å². The molecule has 0 aromatic carbocycles. The second kappa shape index (κ2) is 6.14. The van der Waals surface area contributed by atoms with Crippen LogP contribution in [0.4, 0.5) is 0 Å². The van der Waals surface area contributed by atoms with Gasteiger partial charge in [-0.25, -0.2) is 0 Å². The van der Waals surface area contributed by atoms with E-state index in [2.05, 4.69) is 6.58 Å². The number of aliphatic hydroxyl groups excluding tert-OH is 2. The normalized spacial score (nSPS) is 13.4. The first-order chi connectivity index (χ1) is 6.90. The van der Waals surface area contributed by atoms with Crippen molar-refractivity contribution in [1.29, 1.82) is 0 Å². The molecule has 1 atom stereocenters. The first-order valence-corrected chi connectivity index (χ1v) is 4.62. The molecule has 0 aliphatic rings. The van der Waals surface area contributed by atoms with Gasteiger partial charge in [0.05, 0.1) is 6.26 Å². The van der Waals surface area contributed by atoms with Crippen molar-refractivity contribution in [2.45, 2.75) is 32.8 Å². The van der Waals surface area contributed by atoms with Crippen LogP contribution in [-0.2, 0) is 9.59 Å². The molecule has 0 saturated heterocycles. The Morgan fingerprint density at radius 1 is 1.40 bits per heavy atom. The molecule has 0 radical (unpaired) electrons. The number of Topliss-reactive ketones (excluding diaryl/α,β-unsaturated/α-hetero) is 2. The lowest BCUT2D eigenvalue weighted by atomic mass is 10.0. The Morgan fingerprint density at radius 3 is 2.33 bits per heavy atom. The predicted molar refractivity (Wildman–Crippen MR) is 56.5 cm³/mol. The van der Waals surface area contributed by atoms with Crippen LogP contribution in [0.1, 0.15) is 26.7 Å². The number of rotatable bonds is 6. The molecule has 0 aromatic rings. The van der Waals surface area contributed by atoms with Crippen molar-refractivity contribution in [2.75, 3.05) is 0 Å². The van der Waals surface area contributed by atoms with E-state index in [1.54, 1.807) is 6.92 Å². The van der Waals surface area contributed by atoms with E-state index >= 15 is 0 Å². The number of ketones is 2. The van der Waals surface area contributed by atoms with E-state index in [0.29, 0.717) is 11.8 Å². The van der Waals surface area contributed by atoms with Crippen LogP contribution in [0.2, 0.25) is 0 Å². The lowest BCUT2D eigenvalue weighted by Crippen LogP contribution is -2.22. The van der Waals surface area contributed by atoms with Crippen LogP contribution >= 0.6 is 0 Å². The molecule has 1 unspecified atom stereocenters. The first-order valence-electron chi connectivity index (χ1n) is 4.62. The van der Waals surface area contributed by atoms with E-state index < -0.39 is 11.9 Å². The highest BCUT2D eigenvalue weighted by molar-refractivity contribution is 5.99. The molecule has 0 saturated carbocycles. The van der Waals surface area contributed by atoms with Gasteiger partial charge in [-0.3, -0.25) is 9.59 Å². The molecule has 84 valence electrons. The maximum Gasteiger partial charge on any atom is 0.190 e. The first kappa shape index (κ1) is 13.6. The Kier molecular flexibility index (Phi) is 5.56. The third-order valence-corrected chi connectivity index (χ3v) is 2.01. The van der Waals surface area contributed by atoms with Crippen molar-refractivity contribution in [3.05, 3.63) is 24.0 Å². The van der Waals surface area contributed by atoms with Crippen LogP contribution in [0.3, 0.4) is 0 Å². The zero-order valence-electron chi connectivity index (χ0n) is 8.99. The average Bonchev–Trinajstić information content (AvgIpc) is 2.22. The van der Waals surface area contributed by atoms with Gasteiger partial charge in [-0.05, 0) is 25.8 Å². The van der Waals surface area contributed by atoms with Gasteiger partial charge in [-0.2, -0.15) is 0 Å². The van der Waals surface area contributed by atoms with Crippen LogP contribution in [0.5, 0.6) is 0 Å². The number of aliphatic hydroxyl groups is 2. The van der Waals surface area contributed by atoms with Crippen molar-refractivity contribution < 1.29 is 19.8 Å². The summed E-state index contributed by atoms with van der Waals surface area (Å²) in [7, 11) is 0. The summed E-state index contributed by atoms with van der Waals surface area (Å²) in [4.78, 5) is 22.4. The topological polar surface area (TPSA) is 74.6 Å². The number of hydrogen-bond donors (Lipinski definition) is 2. The zero-order valence-corrected chi connectivity index (χ0v) is 8.99. The highest BCUT2D eigenvalue weighted by Gasteiger charge is 2.18. The van der Waals surface area contributed by atoms with E-state index in [4.69, 9.17) is 5.11 Å². The third kappa shape index (κ3) is 4.56. The second-order valence-corrected chi connectivity index (χ2v) is 3.43. The Labute approximate surface area is 88.9 Å². The van der Waals surface area contributed by atoms with E-state index in [0.717, 1.165) is 0 Å². The van der Waals surface area contributed by atoms with E-state index in [1.165, 1.54) is 6.92 Å². The van der Waals surface area contributed by atoms with Gasteiger partial charge < -0.3 is 10.2 Å². The molecule has 4 heteroatoms. The summed E-state index contributed by atoms with van der Waals surface area (Å²) >= 11 is 0. The summed E-state index contributed by atoms with van der Waals surface area (Å²) in [5.74, 6) is -0.737.